The van der Waals surface area contributed by atoms with Crippen molar-refractivity contribution in [3.05, 3.63) is 24.0 Å². The van der Waals surface area contributed by atoms with E-state index in [-0.39, 0.29) is 5.97 Å². The highest BCUT2D eigenvalue weighted by molar-refractivity contribution is 5.92. The molecule has 0 spiro atoms. The molecule has 4 nitrogen and oxygen atoms in total. The lowest BCUT2D eigenvalue weighted by molar-refractivity contribution is 0.0496. The monoisotopic (exact) mass is 209 g/mol. The van der Waals surface area contributed by atoms with Gasteiger partial charge in [0.25, 0.3) is 0 Å². The number of esters is 1. The number of nitrogens with zero attached hydrogens (tertiary/aromatic N) is 1. The smallest absolute Gasteiger partial charge is 0.342 e. The van der Waals surface area contributed by atoms with E-state index in [1.165, 1.54) is 13.3 Å². The molecule has 0 N–H and O–H groups in total. The lowest BCUT2D eigenvalue weighted by Crippen LogP contribution is -2.08. The second-order valence-electron chi connectivity index (χ2n) is 3.07. The standard InChI is InChI=1S/C11H15NO3/c1-3-4-7-15-11(13)9-5-6-12-8-10(9)14-2/h5-6,8H,3-4,7H2,1-2H3. The van der Waals surface area contributed by atoms with Gasteiger partial charge in [-0.3, -0.25) is 4.98 Å². The van der Waals surface area contributed by atoms with Crippen molar-refractivity contribution in [3.8, 4) is 5.75 Å². The molecule has 0 saturated carbocycles. The average Bonchev–Trinajstić information content (AvgIpc) is 2.29. The zero-order valence-corrected chi connectivity index (χ0v) is 9.03. The summed E-state index contributed by atoms with van der Waals surface area (Å²) in [4.78, 5) is 15.4. The van der Waals surface area contributed by atoms with Crippen LogP contribution in [0.2, 0.25) is 0 Å². The van der Waals surface area contributed by atoms with Crippen molar-refractivity contribution in [2.75, 3.05) is 13.7 Å². The van der Waals surface area contributed by atoms with Crippen LogP contribution in [0, 0.1) is 0 Å². The highest BCUT2D eigenvalue weighted by Crippen LogP contribution is 2.16. The number of hydrogen-bond donors (Lipinski definition) is 0. The Balaban J connectivity index is 2.64. The molecule has 4 heteroatoms. The third-order valence-corrected chi connectivity index (χ3v) is 1.96. The van der Waals surface area contributed by atoms with Gasteiger partial charge in [0, 0.05) is 6.20 Å². The zero-order chi connectivity index (χ0) is 11.1. The second-order valence-corrected chi connectivity index (χ2v) is 3.07. The van der Waals surface area contributed by atoms with E-state index in [0.717, 1.165) is 12.8 Å². The van der Waals surface area contributed by atoms with Gasteiger partial charge in [0.2, 0.25) is 0 Å². The molecule has 0 amide bonds. The SMILES string of the molecule is CCCCOC(=O)c1ccncc1OC. The Hall–Kier alpha value is -1.58. The van der Waals surface area contributed by atoms with E-state index in [1.54, 1.807) is 12.3 Å². The fraction of sp³-hybridized carbons (Fsp3) is 0.455. The number of carbonyl (C=O) groups is 1. The molecule has 1 rings (SSSR count). The van der Waals surface area contributed by atoms with Gasteiger partial charge in [-0.2, -0.15) is 0 Å². The fourth-order valence-electron chi connectivity index (χ4n) is 1.10. The summed E-state index contributed by atoms with van der Waals surface area (Å²) < 4.78 is 10.1. The van der Waals surface area contributed by atoms with Crippen molar-refractivity contribution < 1.29 is 14.3 Å². The van der Waals surface area contributed by atoms with Gasteiger partial charge in [0.1, 0.15) is 5.56 Å². The molecule has 0 fully saturated rings. The van der Waals surface area contributed by atoms with Crippen LogP contribution in [0.4, 0.5) is 0 Å². The Morgan fingerprint density at radius 3 is 3.00 bits per heavy atom. The van der Waals surface area contributed by atoms with Crippen LogP contribution in [-0.4, -0.2) is 24.7 Å². The minimum atomic E-state index is -0.359. The topological polar surface area (TPSA) is 48.4 Å². The van der Waals surface area contributed by atoms with Gasteiger partial charge in [0.15, 0.2) is 5.75 Å². The van der Waals surface area contributed by atoms with E-state index in [0.29, 0.717) is 17.9 Å². The first-order valence-corrected chi connectivity index (χ1v) is 4.94. The summed E-state index contributed by atoms with van der Waals surface area (Å²) in [5.74, 6) is 0.0849. The highest BCUT2D eigenvalue weighted by Gasteiger charge is 2.12. The lowest BCUT2D eigenvalue weighted by atomic mass is 10.2. The van der Waals surface area contributed by atoms with Crippen molar-refractivity contribution in [1.29, 1.82) is 0 Å². The van der Waals surface area contributed by atoms with Gasteiger partial charge >= 0.3 is 5.97 Å². The minimum Gasteiger partial charge on any atom is -0.494 e. The van der Waals surface area contributed by atoms with Crippen LogP contribution in [0.1, 0.15) is 30.1 Å². The number of pyridine rings is 1. The predicted octanol–water partition coefficient (Wildman–Crippen LogP) is 2.05. The van der Waals surface area contributed by atoms with Crippen LogP contribution in [0.3, 0.4) is 0 Å². The maximum atomic E-state index is 11.6. The van der Waals surface area contributed by atoms with Gasteiger partial charge in [-0.15, -0.1) is 0 Å². The Bertz CT molecular complexity index is 325. The maximum absolute atomic E-state index is 11.6. The Morgan fingerprint density at radius 2 is 2.33 bits per heavy atom. The molecule has 0 atom stereocenters. The number of methoxy groups -OCH3 is 1. The predicted molar refractivity (Wildman–Crippen MR) is 56.0 cm³/mol. The number of hydrogen-bond acceptors (Lipinski definition) is 4. The summed E-state index contributed by atoms with van der Waals surface area (Å²) in [6, 6.07) is 1.59. The van der Waals surface area contributed by atoms with Gasteiger partial charge in [0.05, 0.1) is 19.9 Å². The first-order chi connectivity index (χ1) is 7.29. The number of aromatic nitrogens is 1. The van der Waals surface area contributed by atoms with E-state index in [4.69, 9.17) is 9.47 Å². The Kier molecular flexibility index (Phi) is 4.60. The minimum absolute atomic E-state index is 0.359. The summed E-state index contributed by atoms with van der Waals surface area (Å²) in [5, 5.41) is 0. The van der Waals surface area contributed by atoms with Crippen LogP contribution < -0.4 is 4.74 Å². The van der Waals surface area contributed by atoms with Crippen LogP contribution in [0.5, 0.6) is 5.75 Å². The second kappa shape index (κ2) is 6.01. The van der Waals surface area contributed by atoms with Gasteiger partial charge in [-0.25, -0.2) is 4.79 Å². The Labute approximate surface area is 89.2 Å². The summed E-state index contributed by atoms with van der Waals surface area (Å²) in [7, 11) is 1.50. The molecule has 1 aromatic heterocycles. The number of rotatable bonds is 5. The zero-order valence-electron chi connectivity index (χ0n) is 9.03. The molecule has 0 aliphatic carbocycles. The van der Waals surface area contributed by atoms with Gasteiger partial charge in [-0.1, -0.05) is 13.3 Å². The molecule has 0 aromatic carbocycles. The third-order valence-electron chi connectivity index (χ3n) is 1.96. The molecular weight excluding hydrogens is 194 g/mol. The number of carbonyl (C=O) groups excluding carboxylic acids is 1. The first-order valence-electron chi connectivity index (χ1n) is 4.94. The maximum Gasteiger partial charge on any atom is 0.342 e. The molecule has 0 unspecified atom stereocenters. The summed E-state index contributed by atoms with van der Waals surface area (Å²) in [6.45, 7) is 2.49. The quantitative estimate of drug-likeness (QED) is 0.550. The third kappa shape index (κ3) is 3.23. The van der Waals surface area contributed by atoms with E-state index in [2.05, 4.69) is 4.98 Å². The molecule has 0 saturated heterocycles. The van der Waals surface area contributed by atoms with E-state index >= 15 is 0 Å². The van der Waals surface area contributed by atoms with E-state index in [9.17, 15) is 4.79 Å². The Morgan fingerprint density at radius 1 is 1.53 bits per heavy atom. The van der Waals surface area contributed by atoms with Crippen molar-refractivity contribution in [2.45, 2.75) is 19.8 Å². The van der Waals surface area contributed by atoms with E-state index in [1.807, 2.05) is 6.92 Å². The van der Waals surface area contributed by atoms with Crippen LogP contribution in [0.25, 0.3) is 0 Å². The molecular formula is C11H15NO3. The molecule has 0 aliphatic rings. The summed E-state index contributed by atoms with van der Waals surface area (Å²) in [5.41, 5.74) is 0.420. The molecule has 0 radical (unpaired) electrons. The average molecular weight is 209 g/mol. The van der Waals surface area contributed by atoms with Crippen LogP contribution in [-0.2, 0) is 4.74 Å². The van der Waals surface area contributed by atoms with Crippen LogP contribution in [0.15, 0.2) is 18.5 Å². The summed E-state index contributed by atoms with van der Waals surface area (Å²) in [6.07, 6.45) is 4.91. The highest BCUT2D eigenvalue weighted by atomic mass is 16.5. The normalized spacial score (nSPS) is 9.73. The van der Waals surface area contributed by atoms with Crippen molar-refractivity contribution in [3.63, 3.8) is 0 Å². The van der Waals surface area contributed by atoms with Crippen molar-refractivity contribution in [2.24, 2.45) is 0 Å². The largest absolute Gasteiger partial charge is 0.494 e. The fourth-order valence-corrected chi connectivity index (χ4v) is 1.10. The lowest BCUT2D eigenvalue weighted by Gasteiger charge is -2.07. The van der Waals surface area contributed by atoms with Gasteiger partial charge in [-0.05, 0) is 12.5 Å². The van der Waals surface area contributed by atoms with E-state index < -0.39 is 0 Å². The van der Waals surface area contributed by atoms with Crippen molar-refractivity contribution >= 4 is 5.97 Å². The molecule has 1 aromatic rings. The molecule has 15 heavy (non-hydrogen) atoms. The number of unbranched alkanes of at least 4 members (excludes halogenated alkanes) is 1. The number of ether oxygens (including phenoxy) is 2. The molecule has 1 heterocycles. The molecule has 0 bridgehead atoms. The molecule has 0 aliphatic heterocycles. The van der Waals surface area contributed by atoms with Crippen LogP contribution >= 0.6 is 0 Å². The molecule has 82 valence electrons. The first kappa shape index (κ1) is 11.5. The van der Waals surface area contributed by atoms with Gasteiger partial charge < -0.3 is 9.47 Å². The van der Waals surface area contributed by atoms with Crippen molar-refractivity contribution in [1.82, 2.24) is 4.98 Å². The summed E-state index contributed by atoms with van der Waals surface area (Å²) >= 11 is 0.